The second-order valence-corrected chi connectivity index (χ2v) is 5.00. The molecule has 3 rings (SSSR count). The fraction of sp³-hybridized carbons (Fsp3) is 0. The van der Waals surface area contributed by atoms with Gasteiger partial charge in [-0.05, 0) is 30.3 Å². The van der Waals surface area contributed by atoms with Crippen molar-refractivity contribution >= 4 is 23.2 Å². The summed E-state index contributed by atoms with van der Waals surface area (Å²) in [5.41, 5.74) is 1.29. The van der Waals surface area contributed by atoms with E-state index in [1.54, 1.807) is 18.3 Å². The van der Waals surface area contributed by atoms with E-state index < -0.39 is 11.7 Å². The van der Waals surface area contributed by atoms with Gasteiger partial charge in [0.25, 0.3) is 5.91 Å². The third kappa shape index (κ3) is 3.49. The number of amides is 1. The van der Waals surface area contributed by atoms with E-state index in [1.807, 2.05) is 6.07 Å². The summed E-state index contributed by atoms with van der Waals surface area (Å²) in [5, 5.41) is 2.51. The molecule has 0 saturated heterocycles. The zero-order chi connectivity index (χ0) is 16.2. The van der Waals surface area contributed by atoms with E-state index in [2.05, 4.69) is 20.3 Å². The molecular weight excluding hydrogens is 319 g/mol. The Kier molecular flexibility index (Phi) is 4.25. The number of halogens is 2. The highest BCUT2D eigenvalue weighted by Gasteiger charge is 2.10. The van der Waals surface area contributed by atoms with Crippen molar-refractivity contribution in [3.05, 3.63) is 71.4 Å². The summed E-state index contributed by atoms with van der Waals surface area (Å²) < 4.78 is 13.1. The molecule has 2 aromatic heterocycles. The second-order valence-electron chi connectivity index (χ2n) is 4.59. The highest BCUT2D eigenvalue weighted by atomic mass is 35.5. The maximum absolute atomic E-state index is 13.1. The quantitative estimate of drug-likeness (QED) is 0.798. The molecule has 1 amide bonds. The van der Waals surface area contributed by atoms with Crippen LogP contribution in [0.2, 0.25) is 5.02 Å². The largest absolute Gasteiger partial charge is 0.319 e. The molecule has 0 radical (unpaired) electrons. The number of pyridine rings is 1. The van der Waals surface area contributed by atoms with Crippen LogP contribution in [0.3, 0.4) is 0 Å². The van der Waals surface area contributed by atoms with E-state index in [0.29, 0.717) is 17.2 Å². The van der Waals surface area contributed by atoms with Gasteiger partial charge in [-0.2, -0.15) is 0 Å². The van der Waals surface area contributed by atoms with Crippen LogP contribution in [0.25, 0.3) is 11.5 Å². The molecule has 1 N–H and O–H groups in total. The maximum Gasteiger partial charge on any atom is 0.255 e. The first-order valence-corrected chi connectivity index (χ1v) is 7.01. The van der Waals surface area contributed by atoms with Gasteiger partial charge in [-0.15, -0.1) is 0 Å². The number of carbonyl (C=O) groups is 1. The molecule has 0 aliphatic heterocycles. The molecule has 23 heavy (non-hydrogen) atoms. The van der Waals surface area contributed by atoms with Gasteiger partial charge in [0.15, 0.2) is 5.82 Å². The van der Waals surface area contributed by atoms with Gasteiger partial charge in [-0.3, -0.25) is 9.78 Å². The zero-order valence-electron chi connectivity index (χ0n) is 11.7. The van der Waals surface area contributed by atoms with Gasteiger partial charge < -0.3 is 5.32 Å². The van der Waals surface area contributed by atoms with Crippen molar-refractivity contribution in [1.29, 1.82) is 0 Å². The van der Waals surface area contributed by atoms with Crippen molar-refractivity contribution in [2.75, 3.05) is 5.32 Å². The van der Waals surface area contributed by atoms with Crippen molar-refractivity contribution in [3.8, 4) is 11.5 Å². The summed E-state index contributed by atoms with van der Waals surface area (Å²) in [6.45, 7) is 0. The standard InChI is InChI=1S/C16H10ClFN4O/c17-12-7-10(4-5-13(12)18)16(23)22-11-8-20-15(21-9-11)14-3-1-2-6-19-14/h1-9H,(H,22,23). The molecule has 0 saturated carbocycles. The van der Waals surface area contributed by atoms with Gasteiger partial charge in [0.2, 0.25) is 0 Å². The Labute approximate surface area is 136 Å². The smallest absolute Gasteiger partial charge is 0.255 e. The Balaban J connectivity index is 1.75. The zero-order valence-corrected chi connectivity index (χ0v) is 12.5. The summed E-state index contributed by atoms with van der Waals surface area (Å²) in [6, 6.07) is 9.16. The van der Waals surface area contributed by atoms with Gasteiger partial charge >= 0.3 is 0 Å². The van der Waals surface area contributed by atoms with E-state index in [4.69, 9.17) is 11.6 Å². The van der Waals surface area contributed by atoms with Crippen LogP contribution in [0.15, 0.2) is 55.0 Å². The molecule has 0 atom stereocenters. The fourth-order valence-corrected chi connectivity index (χ4v) is 2.04. The van der Waals surface area contributed by atoms with E-state index in [-0.39, 0.29) is 10.6 Å². The highest BCUT2D eigenvalue weighted by Crippen LogP contribution is 2.17. The number of hydrogen-bond acceptors (Lipinski definition) is 4. The topological polar surface area (TPSA) is 67.8 Å². The van der Waals surface area contributed by atoms with Crippen molar-refractivity contribution in [1.82, 2.24) is 15.0 Å². The van der Waals surface area contributed by atoms with Crippen LogP contribution in [0.4, 0.5) is 10.1 Å². The normalized spacial score (nSPS) is 10.3. The molecule has 5 nitrogen and oxygen atoms in total. The Hall–Kier alpha value is -2.86. The number of carbonyl (C=O) groups excluding carboxylic acids is 1. The first kappa shape index (κ1) is 15.1. The first-order chi connectivity index (χ1) is 11.1. The minimum atomic E-state index is -0.578. The Morgan fingerprint density at radius 2 is 1.87 bits per heavy atom. The van der Waals surface area contributed by atoms with E-state index in [9.17, 15) is 9.18 Å². The van der Waals surface area contributed by atoms with Crippen LogP contribution in [0.1, 0.15) is 10.4 Å². The Morgan fingerprint density at radius 1 is 1.09 bits per heavy atom. The number of anilines is 1. The van der Waals surface area contributed by atoms with Crippen LogP contribution in [-0.2, 0) is 0 Å². The minimum absolute atomic E-state index is 0.112. The van der Waals surface area contributed by atoms with Crippen molar-refractivity contribution < 1.29 is 9.18 Å². The van der Waals surface area contributed by atoms with Crippen LogP contribution >= 0.6 is 11.6 Å². The van der Waals surface area contributed by atoms with E-state index >= 15 is 0 Å². The SMILES string of the molecule is O=C(Nc1cnc(-c2ccccn2)nc1)c1ccc(F)c(Cl)c1. The number of hydrogen-bond donors (Lipinski definition) is 1. The van der Waals surface area contributed by atoms with E-state index in [0.717, 1.165) is 6.07 Å². The lowest BCUT2D eigenvalue weighted by molar-refractivity contribution is 0.102. The van der Waals surface area contributed by atoms with Gasteiger partial charge in [0.05, 0.1) is 23.1 Å². The predicted molar refractivity (Wildman–Crippen MR) is 84.6 cm³/mol. The molecule has 2 heterocycles. The summed E-state index contributed by atoms with van der Waals surface area (Å²) in [5.74, 6) is -0.555. The Morgan fingerprint density at radius 3 is 2.52 bits per heavy atom. The molecule has 7 heteroatoms. The molecule has 0 spiro atoms. The number of rotatable bonds is 3. The third-order valence-corrected chi connectivity index (χ3v) is 3.28. The van der Waals surface area contributed by atoms with Gasteiger partial charge in [0, 0.05) is 11.8 Å². The predicted octanol–water partition coefficient (Wildman–Crippen LogP) is 3.58. The molecule has 0 aliphatic carbocycles. The lowest BCUT2D eigenvalue weighted by Crippen LogP contribution is -2.12. The lowest BCUT2D eigenvalue weighted by atomic mass is 10.2. The molecule has 0 unspecified atom stereocenters. The lowest BCUT2D eigenvalue weighted by Gasteiger charge is -2.06. The number of nitrogens with zero attached hydrogens (tertiary/aromatic N) is 3. The number of nitrogens with one attached hydrogen (secondary N) is 1. The monoisotopic (exact) mass is 328 g/mol. The average molecular weight is 329 g/mol. The third-order valence-electron chi connectivity index (χ3n) is 2.99. The van der Waals surface area contributed by atoms with Crippen molar-refractivity contribution in [3.63, 3.8) is 0 Å². The second kappa shape index (κ2) is 6.50. The summed E-state index contributed by atoms with van der Waals surface area (Å²) >= 11 is 5.66. The van der Waals surface area contributed by atoms with Crippen LogP contribution in [0.5, 0.6) is 0 Å². The maximum atomic E-state index is 13.1. The highest BCUT2D eigenvalue weighted by molar-refractivity contribution is 6.31. The van der Waals surface area contributed by atoms with Gasteiger partial charge in [-0.1, -0.05) is 17.7 Å². The summed E-state index contributed by atoms with van der Waals surface area (Å²) in [6.07, 6.45) is 4.59. The molecule has 3 aromatic rings. The Bertz CT molecular complexity index is 840. The van der Waals surface area contributed by atoms with Crippen molar-refractivity contribution in [2.45, 2.75) is 0 Å². The van der Waals surface area contributed by atoms with Gasteiger partial charge in [-0.25, -0.2) is 14.4 Å². The van der Waals surface area contributed by atoms with Crippen LogP contribution < -0.4 is 5.32 Å². The molecule has 1 aromatic carbocycles. The van der Waals surface area contributed by atoms with Crippen LogP contribution in [-0.4, -0.2) is 20.9 Å². The molecule has 0 fully saturated rings. The average Bonchev–Trinajstić information content (AvgIpc) is 2.59. The molecular formula is C16H10ClFN4O. The molecule has 0 bridgehead atoms. The fourth-order valence-electron chi connectivity index (χ4n) is 1.86. The minimum Gasteiger partial charge on any atom is -0.319 e. The van der Waals surface area contributed by atoms with E-state index in [1.165, 1.54) is 24.5 Å². The summed E-state index contributed by atoms with van der Waals surface area (Å²) in [7, 11) is 0. The van der Waals surface area contributed by atoms with Gasteiger partial charge in [0.1, 0.15) is 11.5 Å². The number of benzene rings is 1. The summed E-state index contributed by atoms with van der Waals surface area (Å²) in [4.78, 5) is 24.5. The molecule has 0 aliphatic rings. The first-order valence-electron chi connectivity index (χ1n) is 6.63. The number of aromatic nitrogens is 3. The molecule has 114 valence electrons. The van der Waals surface area contributed by atoms with Crippen molar-refractivity contribution in [2.24, 2.45) is 0 Å². The van der Waals surface area contributed by atoms with Crippen LogP contribution in [0, 0.1) is 5.82 Å².